The lowest BCUT2D eigenvalue weighted by molar-refractivity contribution is 0.0502. The second-order valence-corrected chi connectivity index (χ2v) is 7.75. The van der Waals surface area contributed by atoms with Gasteiger partial charge < -0.3 is 10.1 Å². The van der Waals surface area contributed by atoms with Crippen LogP contribution in [0.1, 0.15) is 52.0 Å². The van der Waals surface area contributed by atoms with E-state index in [4.69, 9.17) is 4.74 Å². The Morgan fingerprint density at radius 2 is 2.05 bits per heavy atom. The Hall–Kier alpha value is -1.18. The number of hydrogen-bond acceptors (Lipinski definition) is 2. The van der Waals surface area contributed by atoms with E-state index in [-0.39, 0.29) is 0 Å². The van der Waals surface area contributed by atoms with E-state index >= 15 is 0 Å². The highest BCUT2D eigenvalue weighted by molar-refractivity contribution is 5.61. The number of fused-ring (bicyclic) bond motifs is 1. The topological polar surface area (TPSA) is 21.3 Å². The Kier molecular flexibility index (Phi) is 3.43. The SMILES string of the molecule is CC1(C)CCCC(C)(COc2cccc3c2CCN3)C1. The van der Waals surface area contributed by atoms with Crippen molar-refractivity contribution in [3.8, 4) is 5.75 Å². The van der Waals surface area contributed by atoms with E-state index in [0.29, 0.717) is 10.8 Å². The monoisotopic (exact) mass is 273 g/mol. The van der Waals surface area contributed by atoms with Crippen LogP contribution in [0.25, 0.3) is 0 Å². The first-order chi connectivity index (χ1) is 9.48. The number of nitrogens with one attached hydrogen (secondary N) is 1. The van der Waals surface area contributed by atoms with Gasteiger partial charge >= 0.3 is 0 Å². The van der Waals surface area contributed by atoms with Gasteiger partial charge in [0, 0.05) is 23.2 Å². The van der Waals surface area contributed by atoms with Crippen LogP contribution in [0.2, 0.25) is 0 Å². The molecular formula is C18H27NO. The molecule has 0 aromatic heterocycles. The third-order valence-electron chi connectivity index (χ3n) is 4.94. The first kappa shape index (κ1) is 13.8. The van der Waals surface area contributed by atoms with Gasteiger partial charge in [-0.05, 0) is 43.2 Å². The predicted molar refractivity (Wildman–Crippen MR) is 84.5 cm³/mol. The van der Waals surface area contributed by atoms with E-state index in [1.54, 1.807) is 0 Å². The van der Waals surface area contributed by atoms with E-state index in [9.17, 15) is 0 Å². The zero-order valence-electron chi connectivity index (χ0n) is 13.1. The largest absolute Gasteiger partial charge is 0.493 e. The molecule has 1 heterocycles. The molecular weight excluding hydrogens is 246 g/mol. The molecule has 1 fully saturated rings. The van der Waals surface area contributed by atoms with Crippen molar-refractivity contribution in [3.05, 3.63) is 23.8 Å². The maximum Gasteiger partial charge on any atom is 0.124 e. The summed E-state index contributed by atoms with van der Waals surface area (Å²) in [6, 6.07) is 6.38. The number of anilines is 1. The van der Waals surface area contributed by atoms with Crippen molar-refractivity contribution < 1.29 is 4.74 Å². The van der Waals surface area contributed by atoms with E-state index in [0.717, 1.165) is 25.3 Å². The molecule has 1 atom stereocenters. The molecule has 1 aliphatic carbocycles. The van der Waals surface area contributed by atoms with Crippen LogP contribution in [0.3, 0.4) is 0 Å². The predicted octanol–water partition coefficient (Wildman–Crippen LogP) is 4.64. The van der Waals surface area contributed by atoms with Gasteiger partial charge in [-0.3, -0.25) is 0 Å². The van der Waals surface area contributed by atoms with Gasteiger partial charge in [0.2, 0.25) is 0 Å². The van der Waals surface area contributed by atoms with Crippen LogP contribution in [0.5, 0.6) is 5.75 Å². The zero-order chi connectivity index (χ0) is 14.2. The molecule has 1 unspecified atom stereocenters. The Balaban J connectivity index is 1.69. The molecule has 1 N–H and O–H groups in total. The summed E-state index contributed by atoms with van der Waals surface area (Å²) in [5.74, 6) is 1.09. The van der Waals surface area contributed by atoms with Gasteiger partial charge in [-0.2, -0.15) is 0 Å². The lowest BCUT2D eigenvalue weighted by Crippen LogP contribution is -2.35. The maximum absolute atomic E-state index is 6.24. The Morgan fingerprint density at radius 3 is 2.85 bits per heavy atom. The minimum Gasteiger partial charge on any atom is -0.493 e. The molecule has 0 bridgehead atoms. The third-order valence-corrected chi connectivity index (χ3v) is 4.94. The average Bonchev–Trinajstić information content (AvgIpc) is 2.83. The van der Waals surface area contributed by atoms with E-state index < -0.39 is 0 Å². The van der Waals surface area contributed by atoms with Crippen molar-refractivity contribution in [2.75, 3.05) is 18.5 Å². The van der Waals surface area contributed by atoms with Crippen LogP contribution in [0.4, 0.5) is 5.69 Å². The summed E-state index contributed by atoms with van der Waals surface area (Å²) in [7, 11) is 0. The van der Waals surface area contributed by atoms with Crippen LogP contribution in [-0.4, -0.2) is 13.2 Å². The van der Waals surface area contributed by atoms with Crippen molar-refractivity contribution in [1.82, 2.24) is 0 Å². The molecule has 0 spiro atoms. The second-order valence-electron chi connectivity index (χ2n) is 7.75. The van der Waals surface area contributed by atoms with E-state index in [1.807, 2.05) is 0 Å². The molecule has 20 heavy (non-hydrogen) atoms. The van der Waals surface area contributed by atoms with Gasteiger partial charge in [-0.1, -0.05) is 33.3 Å². The molecule has 1 aliphatic heterocycles. The molecule has 0 saturated heterocycles. The summed E-state index contributed by atoms with van der Waals surface area (Å²) in [6.07, 6.45) is 6.35. The highest BCUT2D eigenvalue weighted by Crippen LogP contribution is 2.46. The Morgan fingerprint density at radius 1 is 1.20 bits per heavy atom. The average molecular weight is 273 g/mol. The summed E-state index contributed by atoms with van der Waals surface area (Å²) in [5.41, 5.74) is 3.43. The summed E-state index contributed by atoms with van der Waals surface area (Å²) in [4.78, 5) is 0. The molecule has 2 nitrogen and oxygen atoms in total. The quantitative estimate of drug-likeness (QED) is 0.866. The molecule has 3 rings (SSSR count). The number of ether oxygens (including phenoxy) is 1. The highest BCUT2D eigenvalue weighted by Gasteiger charge is 2.37. The molecule has 1 saturated carbocycles. The van der Waals surface area contributed by atoms with Crippen LogP contribution in [0.15, 0.2) is 18.2 Å². The highest BCUT2D eigenvalue weighted by atomic mass is 16.5. The Bertz CT molecular complexity index is 494. The second kappa shape index (κ2) is 4.98. The van der Waals surface area contributed by atoms with Gasteiger partial charge in [0.05, 0.1) is 6.61 Å². The van der Waals surface area contributed by atoms with Gasteiger partial charge in [0.25, 0.3) is 0 Å². The lowest BCUT2D eigenvalue weighted by Gasteiger charge is -2.42. The minimum atomic E-state index is 0.330. The van der Waals surface area contributed by atoms with Crippen molar-refractivity contribution in [2.24, 2.45) is 10.8 Å². The van der Waals surface area contributed by atoms with Gasteiger partial charge in [-0.25, -0.2) is 0 Å². The first-order valence-corrected chi connectivity index (χ1v) is 7.96. The minimum absolute atomic E-state index is 0.330. The Labute approximate surface area is 122 Å². The fourth-order valence-electron chi connectivity index (χ4n) is 4.15. The third kappa shape index (κ3) is 2.79. The van der Waals surface area contributed by atoms with E-state index in [2.05, 4.69) is 44.3 Å². The van der Waals surface area contributed by atoms with E-state index in [1.165, 1.54) is 36.9 Å². The maximum atomic E-state index is 6.24. The fraction of sp³-hybridized carbons (Fsp3) is 0.667. The molecule has 2 heteroatoms. The van der Waals surface area contributed by atoms with Gasteiger partial charge in [-0.15, -0.1) is 0 Å². The number of hydrogen-bond donors (Lipinski definition) is 1. The smallest absolute Gasteiger partial charge is 0.124 e. The van der Waals surface area contributed by atoms with Crippen molar-refractivity contribution >= 4 is 5.69 Å². The summed E-state index contributed by atoms with van der Waals surface area (Å²) in [5, 5.41) is 3.42. The van der Waals surface area contributed by atoms with Crippen LogP contribution in [-0.2, 0) is 6.42 Å². The fourth-order valence-corrected chi connectivity index (χ4v) is 4.15. The molecule has 1 aromatic carbocycles. The number of rotatable bonds is 3. The molecule has 0 radical (unpaired) electrons. The number of benzene rings is 1. The molecule has 110 valence electrons. The summed E-state index contributed by atoms with van der Waals surface area (Å²) < 4.78 is 6.24. The molecule has 1 aromatic rings. The molecule has 0 amide bonds. The van der Waals surface area contributed by atoms with Gasteiger partial charge in [0.1, 0.15) is 5.75 Å². The lowest BCUT2D eigenvalue weighted by atomic mass is 9.65. The van der Waals surface area contributed by atoms with Crippen molar-refractivity contribution in [2.45, 2.75) is 52.9 Å². The molecule has 2 aliphatic rings. The van der Waals surface area contributed by atoms with Crippen molar-refractivity contribution in [1.29, 1.82) is 0 Å². The summed E-state index contributed by atoms with van der Waals surface area (Å²) >= 11 is 0. The van der Waals surface area contributed by atoms with Gasteiger partial charge in [0.15, 0.2) is 0 Å². The van der Waals surface area contributed by atoms with Crippen LogP contribution < -0.4 is 10.1 Å². The van der Waals surface area contributed by atoms with Crippen molar-refractivity contribution in [3.63, 3.8) is 0 Å². The summed E-state index contributed by atoms with van der Waals surface area (Å²) in [6.45, 7) is 9.09. The normalized spacial score (nSPS) is 27.8. The standard InChI is InChI=1S/C18H27NO/c1-17(2)9-5-10-18(3,12-17)13-20-16-7-4-6-15-14(16)8-11-19-15/h4,6-7,19H,5,8-13H2,1-3H3. The van der Waals surface area contributed by atoms with Crippen LogP contribution in [0, 0.1) is 10.8 Å². The zero-order valence-corrected chi connectivity index (χ0v) is 13.1. The first-order valence-electron chi connectivity index (χ1n) is 7.96. The van der Waals surface area contributed by atoms with Crippen LogP contribution >= 0.6 is 0 Å².